The molecule has 82 valence electrons. The highest BCUT2D eigenvalue weighted by atomic mass is 16.5. The van der Waals surface area contributed by atoms with E-state index in [0.717, 1.165) is 12.1 Å². The van der Waals surface area contributed by atoms with Gasteiger partial charge in [0.15, 0.2) is 0 Å². The summed E-state index contributed by atoms with van der Waals surface area (Å²) in [7, 11) is 0. The monoisotopic (exact) mass is 207 g/mol. The molecule has 1 N–H and O–H groups in total. The van der Waals surface area contributed by atoms with Gasteiger partial charge in [-0.2, -0.15) is 4.98 Å². The van der Waals surface area contributed by atoms with Crippen molar-refractivity contribution in [1.82, 2.24) is 9.97 Å². The molecule has 0 aliphatic rings. The molecule has 0 unspecified atom stereocenters. The third kappa shape index (κ3) is 3.58. The Hall–Kier alpha value is -1.58. The van der Waals surface area contributed by atoms with Crippen molar-refractivity contribution in [2.24, 2.45) is 0 Å². The molecule has 15 heavy (non-hydrogen) atoms. The lowest BCUT2D eigenvalue weighted by molar-refractivity contribution is 0.345. The molecule has 1 aromatic rings. The summed E-state index contributed by atoms with van der Waals surface area (Å²) in [6.07, 6.45) is 5.65. The SMILES string of the molecule is C/C=C/COc1nc(NCC)ncc1C. The van der Waals surface area contributed by atoms with Crippen LogP contribution in [0.15, 0.2) is 18.3 Å². The summed E-state index contributed by atoms with van der Waals surface area (Å²) < 4.78 is 5.49. The predicted molar refractivity (Wildman–Crippen MR) is 61.2 cm³/mol. The lowest BCUT2D eigenvalue weighted by Gasteiger charge is -2.07. The highest BCUT2D eigenvalue weighted by molar-refractivity contribution is 5.32. The number of hydrogen-bond acceptors (Lipinski definition) is 4. The lowest BCUT2D eigenvalue weighted by Crippen LogP contribution is -2.05. The first-order chi connectivity index (χ1) is 7.27. The third-order valence-electron chi connectivity index (χ3n) is 1.81. The maximum absolute atomic E-state index is 5.49. The molecule has 0 amide bonds. The van der Waals surface area contributed by atoms with E-state index in [2.05, 4.69) is 15.3 Å². The van der Waals surface area contributed by atoms with Gasteiger partial charge in [0.25, 0.3) is 0 Å². The van der Waals surface area contributed by atoms with E-state index in [1.807, 2.05) is 32.9 Å². The van der Waals surface area contributed by atoms with Crippen LogP contribution in [-0.2, 0) is 0 Å². The summed E-state index contributed by atoms with van der Waals surface area (Å²) in [6, 6.07) is 0. The molecule has 0 aromatic carbocycles. The van der Waals surface area contributed by atoms with Crippen LogP contribution in [0.5, 0.6) is 5.88 Å². The molecule has 1 aromatic heterocycles. The molecule has 0 atom stereocenters. The average Bonchev–Trinajstić information content (AvgIpc) is 2.23. The van der Waals surface area contributed by atoms with Crippen LogP contribution in [0, 0.1) is 6.92 Å². The number of rotatable bonds is 5. The highest BCUT2D eigenvalue weighted by Crippen LogP contribution is 2.14. The molecule has 0 fully saturated rings. The van der Waals surface area contributed by atoms with Crippen molar-refractivity contribution in [1.29, 1.82) is 0 Å². The Balaban J connectivity index is 2.71. The molecule has 0 bridgehead atoms. The standard InChI is InChI=1S/C11H17N3O/c1-4-6-7-15-10-9(3)8-13-11(14-10)12-5-2/h4,6,8H,5,7H2,1-3H3,(H,12,13,14)/b6-4+. The van der Waals surface area contributed by atoms with Crippen LogP contribution in [0.4, 0.5) is 5.95 Å². The normalized spacial score (nSPS) is 10.6. The lowest BCUT2D eigenvalue weighted by atomic mass is 10.4. The van der Waals surface area contributed by atoms with Crippen molar-refractivity contribution < 1.29 is 4.74 Å². The molecule has 0 radical (unpaired) electrons. The number of anilines is 1. The zero-order valence-electron chi connectivity index (χ0n) is 9.45. The molecule has 0 aliphatic heterocycles. The van der Waals surface area contributed by atoms with Gasteiger partial charge >= 0.3 is 0 Å². The number of nitrogens with one attached hydrogen (secondary N) is 1. The smallest absolute Gasteiger partial charge is 0.225 e. The van der Waals surface area contributed by atoms with E-state index in [9.17, 15) is 0 Å². The van der Waals surface area contributed by atoms with Crippen molar-refractivity contribution in [3.05, 3.63) is 23.9 Å². The molecular weight excluding hydrogens is 190 g/mol. The van der Waals surface area contributed by atoms with Gasteiger partial charge in [-0.25, -0.2) is 4.98 Å². The largest absolute Gasteiger partial charge is 0.473 e. The number of aryl methyl sites for hydroxylation is 1. The summed E-state index contributed by atoms with van der Waals surface area (Å²) in [4.78, 5) is 8.39. The summed E-state index contributed by atoms with van der Waals surface area (Å²) in [5, 5.41) is 3.05. The van der Waals surface area contributed by atoms with E-state index >= 15 is 0 Å². The number of ether oxygens (including phenoxy) is 1. The molecule has 0 aliphatic carbocycles. The third-order valence-corrected chi connectivity index (χ3v) is 1.81. The maximum atomic E-state index is 5.49. The summed E-state index contributed by atoms with van der Waals surface area (Å²) in [5.41, 5.74) is 0.946. The van der Waals surface area contributed by atoms with E-state index in [1.165, 1.54) is 0 Å². The summed E-state index contributed by atoms with van der Waals surface area (Å²) in [6.45, 7) is 7.24. The quantitative estimate of drug-likeness (QED) is 0.752. The van der Waals surface area contributed by atoms with Crippen LogP contribution in [0.2, 0.25) is 0 Å². The van der Waals surface area contributed by atoms with Crippen LogP contribution in [0.1, 0.15) is 19.4 Å². The molecule has 1 rings (SSSR count). The zero-order valence-corrected chi connectivity index (χ0v) is 9.45. The van der Waals surface area contributed by atoms with Gasteiger partial charge in [-0.15, -0.1) is 0 Å². The fourth-order valence-electron chi connectivity index (χ4n) is 1.04. The van der Waals surface area contributed by atoms with Crippen molar-refractivity contribution in [2.45, 2.75) is 20.8 Å². The molecular formula is C11H17N3O. The van der Waals surface area contributed by atoms with Gasteiger partial charge in [-0.05, 0) is 20.8 Å². The van der Waals surface area contributed by atoms with Crippen LogP contribution in [0.25, 0.3) is 0 Å². The molecule has 0 saturated heterocycles. The number of aromatic nitrogens is 2. The van der Waals surface area contributed by atoms with Crippen LogP contribution < -0.4 is 10.1 Å². The van der Waals surface area contributed by atoms with Crippen molar-refractivity contribution in [2.75, 3.05) is 18.5 Å². The Morgan fingerprint density at radius 1 is 1.53 bits per heavy atom. The van der Waals surface area contributed by atoms with E-state index in [-0.39, 0.29) is 0 Å². The Bertz CT molecular complexity index is 337. The molecule has 1 heterocycles. The number of hydrogen-bond donors (Lipinski definition) is 1. The Labute approximate surface area is 90.4 Å². The molecule has 0 saturated carbocycles. The van der Waals surface area contributed by atoms with Gasteiger partial charge in [-0.3, -0.25) is 0 Å². The van der Waals surface area contributed by atoms with Crippen LogP contribution in [-0.4, -0.2) is 23.1 Å². The van der Waals surface area contributed by atoms with Crippen molar-refractivity contribution in [3.63, 3.8) is 0 Å². The molecule has 4 nitrogen and oxygen atoms in total. The van der Waals surface area contributed by atoms with Crippen LogP contribution in [0.3, 0.4) is 0 Å². The Kier molecular flexibility index (Phi) is 4.60. The number of allylic oxidation sites excluding steroid dienone is 1. The molecule has 0 spiro atoms. The van der Waals surface area contributed by atoms with E-state index in [0.29, 0.717) is 18.4 Å². The first-order valence-electron chi connectivity index (χ1n) is 5.09. The van der Waals surface area contributed by atoms with E-state index in [4.69, 9.17) is 4.74 Å². The topological polar surface area (TPSA) is 47.0 Å². The predicted octanol–water partition coefficient (Wildman–Crippen LogP) is 2.17. The second-order valence-corrected chi connectivity index (χ2v) is 3.09. The summed E-state index contributed by atoms with van der Waals surface area (Å²) >= 11 is 0. The van der Waals surface area contributed by atoms with Gasteiger partial charge in [0, 0.05) is 18.3 Å². The Morgan fingerprint density at radius 3 is 3.00 bits per heavy atom. The van der Waals surface area contributed by atoms with Crippen molar-refractivity contribution in [3.8, 4) is 5.88 Å². The average molecular weight is 207 g/mol. The van der Waals surface area contributed by atoms with E-state index < -0.39 is 0 Å². The summed E-state index contributed by atoms with van der Waals surface area (Å²) in [5.74, 6) is 1.25. The second-order valence-electron chi connectivity index (χ2n) is 3.09. The zero-order chi connectivity index (χ0) is 11.1. The van der Waals surface area contributed by atoms with Gasteiger partial charge in [-0.1, -0.05) is 12.2 Å². The minimum absolute atomic E-state index is 0.542. The van der Waals surface area contributed by atoms with Crippen LogP contribution >= 0.6 is 0 Å². The second kappa shape index (κ2) is 6.01. The molecule has 4 heteroatoms. The van der Waals surface area contributed by atoms with Crippen molar-refractivity contribution >= 4 is 5.95 Å². The van der Waals surface area contributed by atoms with Gasteiger partial charge in [0.1, 0.15) is 6.61 Å². The Morgan fingerprint density at radius 2 is 2.33 bits per heavy atom. The number of nitrogens with zero attached hydrogens (tertiary/aromatic N) is 2. The minimum Gasteiger partial charge on any atom is -0.473 e. The first-order valence-corrected chi connectivity index (χ1v) is 5.09. The van der Waals surface area contributed by atoms with E-state index in [1.54, 1.807) is 6.20 Å². The van der Waals surface area contributed by atoms with Gasteiger partial charge < -0.3 is 10.1 Å². The fourth-order valence-corrected chi connectivity index (χ4v) is 1.04. The first kappa shape index (κ1) is 11.5. The van der Waals surface area contributed by atoms with Gasteiger partial charge in [0.05, 0.1) is 0 Å². The maximum Gasteiger partial charge on any atom is 0.225 e. The minimum atomic E-state index is 0.542. The van der Waals surface area contributed by atoms with Gasteiger partial charge in [0.2, 0.25) is 11.8 Å². The highest BCUT2D eigenvalue weighted by Gasteiger charge is 2.03. The fraction of sp³-hybridized carbons (Fsp3) is 0.455.